The van der Waals surface area contributed by atoms with Crippen LogP contribution in [0.4, 0.5) is 0 Å². The zero-order chi connectivity index (χ0) is 19.5. The molecule has 6 aliphatic rings. The molecule has 0 aromatic carbocycles. The number of carbonyl (C=O) groups excluding carboxylic acids is 2. The number of carbonyl (C=O) groups is 2. The summed E-state index contributed by atoms with van der Waals surface area (Å²) in [7, 11) is 0. The second-order valence-corrected chi connectivity index (χ2v) is 8.82. The Morgan fingerprint density at radius 1 is 1.07 bits per heavy atom. The summed E-state index contributed by atoms with van der Waals surface area (Å²) in [5, 5.41) is 0. The molecule has 6 rings (SSSR count). The number of fused-ring (bicyclic) bond motifs is 1. The smallest absolute Gasteiger partial charge is 0.340 e. The third-order valence-corrected chi connectivity index (χ3v) is 7.43. The van der Waals surface area contributed by atoms with Gasteiger partial charge in [-0.05, 0) is 62.5 Å². The summed E-state index contributed by atoms with van der Waals surface area (Å²) >= 11 is 0. The fourth-order valence-electron chi connectivity index (χ4n) is 6.29. The average molecular weight is 380 g/mol. The number of esters is 2. The zero-order valence-corrected chi connectivity index (χ0v) is 16.8. The van der Waals surface area contributed by atoms with Crippen molar-refractivity contribution < 1.29 is 19.1 Å². The van der Waals surface area contributed by atoms with Gasteiger partial charge in [0.1, 0.15) is 11.5 Å². The minimum Gasteiger partial charge on any atom is -0.427 e. The van der Waals surface area contributed by atoms with Crippen molar-refractivity contribution in [2.75, 3.05) is 0 Å². The molecule has 0 aromatic rings. The molecule has 4 heteroatoms. The molecular formula is C24H28O4. The highest BCUT2D eigenvalue weighted by molar-refractivity contribution is 5.99. The number of hydrogen-bond acceptors (Lipinski definition) is 4. The molecule has 2 aliphatic heterocycles. The molecule has 4 atom stereocenters. The van der Waals surface area contributed by atoms with Crippen LogP contribution < -0.4 is 0 Å². The van der Waals surface area contributed by atoms with Crippen molar-refractivity contribution in [1.82, 2.24) is 0 Å². The molecule has 4 aliphatic carbocycles. The maximum Gasteiger partial charge on any atom is 0.340 e. The molecule has 4 unspecified atom stereocenters. The van der Waals surface area contributed by atoms with E-state index in [9.17, 15) is 9.59 Å². The van der Waals surface area contributed by atoms with Crippen LogP contribution in [0.5, 0.6) is 0 Å². The average Bonchev–Trinajstić information content (AvgIpc) is 3.19. The Bertz CT molecular complexity index is 871. The molecule has 2 bridgehead atoms. The first-order valence-corrected chi connectivity index (χ1v) is 10.9. The van der Waals surface area contributed by atoms with Gasteiger partial charge in [-0.1, -0.05) is 32.8 Å². The van der Waals surface area contributed by atoms with E-state index in [0.717, 1.165) is 79.6 Å². The van der Waals surface area contributed by atoms with Crippen LogP contribution in [0.2, 0.25) is 0 Å². The summed E-state index contributed by atoms with van der Waals surface area (Å²) in [6.07, 6.45) is 14.1. The van der Waals surface area contributed by atoms with Crippen molar-refractivity contribution in [2.24, 2.45) is 23.2 Å². The van der Waals surface area contributed by atoms with Crippen molar-refractivity contribution in [1.29, 1.82) is 0 Å². The number of cyclic esters (lactones) is 2. The normalized spacial score (nSPS) is 38.4. The summed E-state index contributed by atoms with van der Waals surface area (Å²) in [5.41, 5.74) is 2.29. The molecule has 1 saturated carbocycles. The van der Waals surface area contributed by atoms with E-state index >= 15 is 0 Å². The molecule has 0 N–H and O–H groups in total. The van der Waals surface area contributed by atoms with E-state index in [-0.39, 0.29) is 17.9 Å². The Kier molecular flexibility index (Phi) is 4.15. The van der Waals surface area contributed by atoms with E-state index < -0.39 is 5.41 Å². The first-order valence-electron chi connectivity index (χ1n) is 10.9. The summed E-state index contributed by atoms with van der Waals surface area (Å²) in [6, 6.07) is 0. The van der Waals surface area contributed by atoms with Crippen LogP contribution in [0.3, 0.4) is 0 Å². The van der Waals surface area contributed by atoms with Crippen molar-refractivity contribution in [3.8, 4) is 0 Å². The number of allylic oxidation sites excluding steroid dienone is 5. The highest BCUT2D eigenvalue weighted by Crippen LogP contribution is 2.68. The summed E-state index contributed by atoms with van der Waals surface area (Å²) in [4.78, 5) is 25.8. The highest BCUT2D eigenvalue weighted by Gasteiger charge is 2.66. The van der Waals surface area contributed by atoms with Gasteiger partial charge in [-0.25, -0.2) is 9.59 Å². The van der Waals surface area contributed by atoms with Gasteiger partial charge in [-0.2, -0.15) is 0 Å². The molecule has 0 aromatic heterocycles. The van der Waals surface area contributed by atoms with Crippen molar-refractivity contribution in [2.45, 2.75) is 65.2 Å². The lowest BCUT2D eigenvalue weighted by atomic mass is 9.47. The Labute approximate surface area is 166 Å². The van der Waals surface area contributed by atoms with Crippen LogP contribution >= 0.6 is 0 Å². The van der Waals surface area contributed by atoms with Crippen LogP contribution in [-0.4, -0.2) is 11.9 Å². The van der Waals surface area contributed by atoms with Gasteiger partial charge in [0.2, 0.25) is 0 Å². The second-order valence-electron chi connectivity index (χ2n) is 8.82. The van der Waals surface area contributed by atoms with Gasteiger partial charge in [-0.15, -0.1) is 0 Å². The molecule has 4 nitrogen and oxygen atoms in total. The van der Waals surface area contributed by atoms with Crippen LogP contribution in [0, 0.1) is 23.2 Å². The molecule has 1 saturated heterocycles. The predicted octanol–water partition coefficient (Wildman–Crippen LogP) is 5.13. The Morgan fingerprint density at radius 2 is 1.86 bits per heavy atom. The minimum absolute atomic E-state index is 0.0181. The van der Waals surface area contributed by atoms with Gasteiger partial charge in [0, 0.05) is 22.6 Å². The SMILES string of the molecule is CCC/C=C1\OC(=O)C2=CC3CCC21C1C2=C(CCC31)/C(=C\CCC)OC2=O. The highest BCUT2D eigenvalue weighted by atomic mass is 16.5. The molecule has 28 heavy (non-hydrogen) atoms. The fraction of sp³-hybridized carbons (Fsp3) is 0.583. The Balaban J connectivity index is 1.68. The van der Waals surface area contributed by atoms with E-state index in [2.05, 4.69) is 32.1 Å². The maximum atomic E-state index is 13.0. The molecular weight excluding hydrogens is 352 g/mol. The monoisotopic (exact) mass is 380 g/mol. The zero-order valence-electron chi connectivity index (χ0n) is 16.8. The predicted molar refractivity (Wildman–Crippen MR) is 105 cm³/mol. The quantitative estimate of drug-likeness (QED) is 0.635. The van der Waals surface area contributed by atoms with Gasteiger partial charge < -0.3 is 9.47 Å². The number of unbranched alkanes of at least 4 members (excludes halogenated alkanes) is 2. The van der Waals surface area contributed by atoms with E-state index in [1.165, 1.54) is 0 Å². The van der Waals surface area contributed by atoms with Crippen LogP contribution in [-0.2, 0) is 19.1 Å². The number of rotatable bonds is 4. The molecule has 0 amide bonds. The van der Waals surface area contributed by atoms with E-state index in [1.54, 1.807) is 0 Å². The van der Waals surface area contributed by atoms with Gasteiger partial charge in [0.05, 0.1) is 5.41 Å². The van der Waals surface area contributed by atoms with Crippen molar-refractivity contribution in [3.63, 3.8) is 0 Å². The lowest BCUT2D eigenvalue weighted by Crippen LogP contribution is -2.50. The fourth-order valence-corrected chi connectivity index (χ4v) is 6.29. The Morgan fingerprint density at radius 3 is 2.64 bits per heavy atom. The molecule has 2 heterocycles. The largest absolute Gasteiger partial charge is 0.427 e. The van der Waals surface area contributed by atoms with Gasteiger partial charge in [-0.3, -0.25) is 0 Å². The standard InChI is InChI=1S/C24H28O4/c1-3-5-7-18-16-10-9-15-14-11-12-24(21(15)20(16)23(26)27-18)17(13-14)22(25)28-19(24)8-6-4-2/h7-8,13-15,21H,3-6,9-12H2,1-2H3/b18-7+,19-8-. The van der Waals surface area contributed by atoms with Gasteiger partial charge in [0.15, 0.2) is 0 Å². The molecule has 2 fully saturated rings. The lowest BCUT2D eigenvalue weighted by molar-refractivity contribution is -0.135. The summed E-state index contributed by atoms with van der Waals surface area (Å²) < 4.78 is 11.6. The molecule has 1 spiro atoms. The molecule has 0 radical (unpaired) electrons. The van der Waals surface area contributed by atoms with Crippen molar-refractivity contribution >= 4 is 11.9 Å². The third kappa shape index (κ3) is 2.23. The first-order chi connectivity index (χ1) is 13.6. The third-order valence-electron chi connectivity index (χ3n) is 7.43. The second kappa shape index (κ2) is 6.47. The van der Waals surface area contributed by atoms with E-state index in [0.29, 0.717) is 11.8 Å². The minimum atomic E-state index is -0.452. The number of hydrogen-bond donors (Lipinski definition) is 0. The van der Waals surface area contributed by atoms with Crippen LogP contribution in [0.1, 0.15) is 65.2 Å². The number of ether oxygens (including phenoxy) is 2. The van der Waals surface area contributed by atoms with Gasteiger partial charge in [0.25, 0.3) is 0 Å². The summed E-state index contributed by atoms with van der Waals surface area (Å²) in [5.74, 6) is 1.96. The Hall–Kier alpha value is -2.10. The van der Waals surface area contributed by atoms with Gasteiger partial charge >= 0.3 is 11.9 Å². The summed E-state index contributed by atoms with van der Waals surface area (Å²) in [6.45, 7) is 4.26. The van der Waals surface area contributed by atoms with Crippen molar-refractivity contribution in [3.05, 3.63) is 46.5 Å². The topological polar surface area (TPSA) is 52.6 Å². The maximum absolute atomic E-state index is 13.0. The first kappa shape index (κ1) is 18.0. The van der Waals surface area contributed by atoms with Crippen LogP contribution in [0.15, 0.2) is 46.5 Å². The molecule has 148 valence electrons. The lowest BCUT2D eigenvalue weighted by Gasteiger charge is -2.54. The van der Waals surface area contributed by atoms with E-state index in [1.807, 2.05) is 0 Å². The van der Waals surface area contributed by atoms with E-state index in [4.69, 9.17) is 9.47 Å². The van der Waals surface area contributed by atoms with Crippen LogP contribution in [0.25, 0.3) is 0 Å².